The highest BCUT2D eigenvalue weighted by molar-refractivity contribution is 7.14. The first-order chi connectivity index (χ1) is 8.65. The second-order valence-electron chi connectivity index (χ2n) is 4.16. The average Bonchev–Trinajstić information content (AvgIpc) is 2.95. The summed E-state index contributed by atoms with van der Waals surface area (Å²) in [6.45, 7) is 3.48. The Hall–Kier alpha value is -1.47. The maximum Gasteiger partial charge on any atom is 0.270 e. The zero-order chi connectivity index (χ0) is 13.0. The number of amides is 2. The van der Waals surface area contributed by atoms with E-state index in [1.165, 1.54) is 18.3 Å². The fourth-order valence-electron chi connectivity index (χ4n) is 1.66. The molecule has 0 spiro atoms. The van der Waals surface area contributed by atoms with E-state index in [9.17, 15) is 9.59 Å². The first-order valence-electron chi connectivity index (χ1n) is 5.74. The summed E-state index contributed by atoms with van der Waals surface area (Å²) in [4.78, 5) is 26.7. The third-order valence-corrected chi connectivity index (χ3v) is 3.35. The van der Waals surface area contributed by atoms with Crippen LogP contribution < -0.4 is 10.6 Å². The predicted octanol–water partition coefficient (Wildman–Crippen LogP) is 0.868. The Kier molecular flexibility index (Phi) is 4.27. The number of ether oxygens (including phenoxy) is 1. The smallest absolute Gasteiger partial charge is 0.270 e. The van der Waals surface area contributed by atoms with Crippen LogP contribution in [0, 0.1) is 5.92 Å². The number of hydrogen-bond acceptors (Lipinski definition) is 5. The normalized spacial score (nSPS) is 18.6. The first kappa shape index (κ1) is 13.0. The number of hydrogen-bond donors (Lipinski definition) is 2. The third kappa shape index (κ3) is 3.51. The van der Waals surface area contributed by atoms with Crippen LogP contribution in [0.2, 0.25) is 0 Å². The van der Waals surface area contributed by atoms with Gasteiger partial charge in [-0.3, -0.25) is 9.59 Å². The maximum absolute atomic E-state index is 11.8. The second-order valence-corrected chi connectivity index (χ2v) is 5.02. The molecule has 2 N–H and O–H groups in total. The molecule has 1 aliphatic rings. The Morgan fingerprint density at radius 1 is 1.61 bits per heavy atom. The number of nitrogens with one attached hydrogen (secondary N) is 2. The van der Waals surface area contributed by atoms with E-state index >= 15 is 0 Å². The Balaban J connectivity index is 1.84. The van der Waals surface area contributed by atoms with Gasteiger partial charge in [-0.25, -0.2) is 4.98 Å². The first-order valence-corrected chi connectivity index (χ1v) is 6.62. The summed E-state index contributed by atoms with van der Waals surface area (Å²) >= 11 is 1.24. The minimum atomic E-state index is -0.213. The molecule has 0 radical (unpaired) electrons. The molecule has 1 aliphatic heterocycles. The number of carbonyl (C=O) groups excluding carboxylic acids is 2. The van der Waals surface area contributed by atoms with E-state index in [0.717, 1.165) is 13.0 Å². The average molecular weight is 269 g/mol. The standard InChI is InChI=1S/C11H15N3O3S/c1-7(15)13-11-14-9(6-18-11)10(16)12-4-8-2-3-17-5-8/h6,8H,2-5H2,1H3,(H,12,16)(H,13,14,15). The number of thiazole rings is 1. The molecule has 0 saturated carbocycles. The summed E-state index contributed by atoms with van der Waals surface area (Å²) in [5, 5.41) is 7.44. The fraction of sp³-hybridized carbons (Fsp3) is 0.545. The van der Waals surface area contributed by atoms with Crippen molar-refractivity contribution < 1.29 is 14.3 Å². The van der Waals surface area contributed by atoms with E-state index in [1.807, 2.05) is 0 Å². The number of carbonyl (C=O) groups is 2. The minimum Gasteiger partial charge on any atom is -0.381 e. The number of aromatic nitrogens is 1. The van der Waals surface area contributed by atoms with Crippen molar-refractivity contribution in [3.05, 3.63) is 11.1 Å². The highest BCUT2D eigenvalue weighted by atomic mass is 32.1. The molecule has 1 saturated heterocycles. The van der Waals surface area contributed by atoms with Gasteiger partial charge in [0.05, 0.1) is 6.61 Å². The molecule has 1 atom stereocenters. The van der Waals surface area contributed by atoms with Crippen LogP contribution in [0.4, 0.5) is 5.13 Å². The van der Waals surface area contributed by atoms with Crippen molar-refractivity contribution in [2.24, 2.45) is 5.92 Å². The van der Waals surface area contributed by atoms with Gasteiger partial charge in [0.15, 0.2) is 5.13 Å². The molecule has 2 heterocycles. The summed E-state index contributed by atoms with van der Waals surface area (Å²) in [6, 6.07) is 0. The van der Waals surface area contributed by atoms with Crippen LogP contribution in [-0.4, -0.2) is 36.6 Å². The predicted molar refractivity (Wildman–Crippen MR) is 67.7 cm³/mol. The Labute approximate surface area is 109 Å². The Morgan fingerprint density at radius 3 is 3.11 bits per heavy atom. The van der Waals surface area contributed by atoms with Crippen molar-refractivity contribution in [1.29, 1.82) is 0 Å². The van der Waals surface area contributed by atoms with Crippen molar-refractivity contribution in [1.82, 2.24) is 10.3 Å². The minimum absolute atomic E-state index is 0.195. The van der Waals surface area contributed by atoms with Gasteiger partial charge >= 0.3 is 0 Å². The maximum atomic E-state index is 11.8. The molecule has 2 rings (SSSR count). The molecule has 7 heteroatoms. The van der Waals surface area contributed by atoms with E-state index in [2.05, 4.69) is 15.6 Å². The van der Waals surface area contributed by atoms with Gasteiger partial charge in [-0.1, -0.05) is 0 Å². The lowest BCUT2D eigenvalue weighted by atomic mass is 10.1. The molecule has 0 aliphatic carbocycles. The fourth-order valence-corrected chi connectivity index (χ4v) is 2.39. The van der Waals surface area contributed by atoms with Crippen LogP contribution in [0.5, 0.6) is 0 Å². The summed E-state index contributed by atoms with van der Waals surface area (Å²) in [6.07, 6.45) is 0.981. The zero-order valence-corrected chi connectivity index (χ0v) is 10.9. The SMILES string of the molecule is CC(=O)Nc1nc(C(=O)NCC2CCOC2)cs1. The quantitative estimate of drug-likeness (QED) is 0.850. The third-order valence-electron chi connectivity index (χ3n) is 2.60. The number of rotatable bonds is 4. The molecule has 6 nitrogen and oxygen atoms in total. The lowest BCUT2D eigenvalue weighted by molar-refractivity contribution is -0.114. The molecule has 18 heavy (non-hydrogen) atoms. The molecule has 2 amide bonds. The number of nitrogens with zero attached hydrogens (tertiary/aromatic N) is 1. The highest BCUT2D eigenvalue weighted by Crippen LogP contribution is 2.15. The van der Waals surface area contributed by atoms with Crippen molar-refractivity contribution >= 4 is 28.3 Å². The summed E-state index contributed by atoms with van der Waals surface area (Å²) in [5.74, 6) is -0.0171. The van der Waals surface area contributed by atoms with Crippen molar-refractivity contribution in [2.75, 3.05) is 25.1 Å². The molecule has 0 bridgehead atoms. The van der Waals surface area contributed by atoms with Crippen LogP contribution in [0.3, 0.4) is 0 Å². The monoisotopic (exact) mass is 269 g/mol. The molecule has 1 unspecified atom stereocenters. The van der Waals surface area contributed by atoms with Gasteiger partial charge in [-0.2, -0.15) is 0 Å². The van der Waals surface area contributed by atoms with Gasteiger partial charge in [0.25, 0.3) is 5.91 Å². The lowest BCUT2D eigenvalue weighted by Crippen LogP contribution is -2.29. The Morgan fingerprint density at radius 2 is 2.44 bits per heavy atom. The summed E-state index contributed by atoms with van der Waals surface area (Å²) in [7, 11) is 0. The van der Waals surface area contributed by atoms with E-state index in [-0.39, 0.29) is 11.8 Å². The van der Waals surface area contributed by atoms with Crippen LogP contribution in [0.25, 0.3) is 0 Å². The van der Waals surface area contributed by atoms with Gasteiger partial charge < -0.3 is 15.4 Å². The highest BCUT2D eigenvalue weighted by Gasteiger charge is 2.17. The van der Waals surface area contributed by atoms with Gasteiger partial charge in [-0.05, 0) is 6.42 Å². The zero-order valence-electron chi connectivity index (χ0n) is 10.1. The molecular formula is C11H15N3O3S. The van der Waals surface area contributed by atoms with Gasteiger partial charge in [0.1, 0.15) is 5.69 Å². The van der Waals surface area contributed by atoms with E-state index in [1.54, 1.807) is 5.38 Å². The molecule has 1 fully saturated rings. The van der Waals surface area contributed by atoms with Crippen LogP contribution >= 0.6 is 11.3 Å². The summed E-state index contributed by atoms with van der Waals surface area (Å²) in [5.41, 5.74) is 0.336. The van der Waals surface area contributed by atoms with Crippen LogP contribution in [-0.2, 0) is 9.53 Å². The topological polar surface area (TPSA) is 80.3 Å². The summed E-state index contributed by atoms with van der Waals surface area (Å²) < 4.78 is 5.23. The van der Waals surface area contributed by atoms with E-state index in [4.69, 9.17) is 4.74 Å². The van der Waals surface area contributed by atoms with E-state index in [0.29, 0.717) is 29.9 Å². The van der Waals surface area contributed by atoms with Gasteiger partial charge in [-0.15, -0.1) is 11.3 Å². The second kappa shape index (κ2) is 5.92. The molecule has 1 aromatic heterocycles. The van der Waals surface area contributed by atoms with Crippen molar-refractivity contribution in [2.45, 2.75) is 13.3 Å². The van der Waals surface area contributed by atoms with Crippen LogP contribution in [0.15, 0.2) is 5.38 Å². The largest absolute Gasteiger partial charge is 0.381 e. The van der Waals surface area contributed by atoms with Crippen molar-refractivity contribution in [3.8, 4) is 0 Å². The van der Waals surface area contributed by atoms with E-state index < -0.39 is 0 Å². The molecule has 0 aromatic carbocycles. The van der Waals surface area contributed by atoms with Crippen LogP contribution in [0.1, 0.15) is 23.8 Å². The molecule has 1 aromatic rings. The molecular weight excluding hydrogens is 254 g/mol. The lowest BCUT2D eigenvalue weighted by Gasteiger charge is -2.07. The molecule has 98 valence electrons. The van der Waals surface area contributed by atoms with Gasteiger partial charge in [0.2, 0.25) is 5.91 Å². The van der Waals surface area contributed by atoms with Gasteiger partial charge in [0, 0.05) is 31.4 Å². The van der Waals surface area contributed by atoms with Crippen molar-refractivity contribution in [3.63, 3.8) is 0 Å². The Bertz CT molecular complexity index is 440. The number of anilines is 1.